The van der Waals surface area contributed by atoms with E-state index in [2.05, 4.69) is 82.2 Å². The second-order valence-electron chi connectivity index (χ2n) is 8.36. The van der Waals surface area contributed by atoms with E-state index < -0.39 is 0 Å². The Kier molecular flexibility index (Phi) is 6.50. The van der Waals surface area contributed by atoms with Crippen LogP contribution in [0.1, 0.15) is 23.7 Å². The minimum atomic E-state index is 0.0810. The van der Waals surface area contributed by atoms with Crippen molar-refractivity contribution in [2.24, 2.45) is 0 Å². The van der Waals surface area contributed by atoms with Crippen LogP contribution in [-0.4, -0.2) is 60.0 Å². The minimum Gasteiger partial charge on any atom is -0.355 e. The third kappa shape index (κ3) is 4.74. The van der Waals surface area contributed by atoms with Gasteiger partial charge in [0.05, 0.1) is 0 Å². The summed E-state index contributed by atoms with van der Waals surface area (Å²) in [7, 11) is 2.19. The highest BCUT2D eigenvalue weighted by Crippen LogP contribution is 2.24. The van der Waals surface area contributed by atoms with Crippen LogP contribution in [0.15, 0.2) is 60.7 Å². The summed E-state index contributed by atoms with van der Waals surface area (Å²) in [5.74, 6) is 0.0810. The summed E-state index contributed by atoms with van der Waals surface area (Å²) in [5.41, 5.74) is 3.62. The van der Waals surface area contributed by atoms with Crippen molar-refractivity contribution < 1.29 is 4.79 Å². The third-order valence-electron chi connectivity index (χ3n) is 6.14. The Morgan fingerprint density at radius 2 is 1.83 bits per heavy atom. The molecule has 0 aliphatic carbocycles. The van der Waals surface area contributed by atoms with Crippen LogP contribution in [0.5, 0.6) is 0 Å². The Hall–Kier alpha value is -2.63. The lowest BCUT2D eigenvalue weighted by Gasteiger charge is -2.40. The molecule has 1 aromatic heterocycles. The molecular weight excluding hydrogens is 372 g/mol. The molecule has 1 N–H and O–H groups in total. The first-order valence-corrected chi connectivity index (χ1v) is 10.9. The number of likely N-dealkylation sites (N-methyl/N-ethyl adjacent to an activating group) is 1. The van der Waals surface area contributed by atoms with Crippen molar-refractivity contribution in [3.05, 3.63) is 71.9 Å². The predicted octanol–water partition coefficient (Wildman–Crippen LogP) is 3.44. The monoisotopic (exact) mass is 404 g/mol. The van der Waals surface area contributed by atoms with Crippen LogP contribution in [0.25, 0.3) is 10.9 Å². The van der Waals surface area contributed by atoms with E-state index in [1.54, 1.807) is 0 Å². The number of aromatic nitrogens is 1. The number of piperazine rings is 1. The maximum absolute atomic E-state index is 12.5. The van der Waals surface area contributed by atoms with Crippen molar-refractivity contribution >= 4 is 16.8 Å². The molecule has 4 rings (SSSR count). The van der Waals surface area contributed by atoms with Gasteiger partial charge in [-0.05, 0) is 43.5 Å². The Balaban J connectivity index is 1.28. The zero-order valence-electron chi connectivity index (χ0n) is 18.1. The predicted molar refractivity (Wildman–Crippen MR) is 123 cm³/mol. The summed E-state index contributed by atoms with van der Waals surface area (Å²) < 4.78 is 2.09. The summed E-state index contributed by atoms with van der Waals surface area (Å²) in [5, 5.41) is 4.30. The highest BCUT2D eigenvalue weighted by Gasteiger charge is 2.25. The zero-order chi connectivity index (χ0) is 20.9. The average Bonchev–Trinajstić information content (AvgIpc) is 3.07. The van der Waals surface area contributed by atoms with Gasteiger partial charge in [-0.3, -0.25) is 9.69 Å². The fourth-order valence-electron chi connectivity index (χ4n) is 4.48. The molecule has 5 heteroatoms. The number of nitrogens with one attached hydrogen (secondary N) is 1. The number of benzene rings is 2. The smallest absolute Gasteiger partial charge is 0.239 e. The molecule has 2 heterocycles. The van der Waals surface area contributed by atoms with Gasteiger partial charge in [0, 0.05) is 50.0 Å². The SMILES string of the molecule is Cc1cc2ccccc2n1CC(=O)NCCCN1CCN(C)CC1c1ccccc1. The molecule has 0 saturated carbocycles. The van der Waals surface area contributed by atoms with Crippen LogP contribution in [0.2, 0.25) is 0 Å². The van der Waals surface area contributed by atoms with Crippen LogP contribution in [0.3, 0.4) is 0 Å². The number of carbonyl (C=O) groups excluding carboxylic acids is 1. The van der Waals surface area contributed by atoms with Crippen molar-refractivity contribution in [1.82, 2.24) is 19.7 Å². The molecule has 1 atom stereocenters. The number of amides is 1. The number of nitrogens with zero attached hydrogens (tertiary/aromatic N) is 3. The van der Waals surface area contributed by atoms with Gasteiger partial charge in [0.1, 0.15) is 6.54 Å². The molecule has 0 bridgehead atoms. The first kappa shape index (κ1) is 20.6. The van der Waals surface area contributed by atoms with E-state index in [0.29, 0.717) is 19.1 Å². The molecule has 0 radical (unpaired) electrons. The molecule has 1 aliphatic heterocycles. The Morgan fingerprint density at radius 1 is 1.07 bits per heavy atom. The quantitative estimate of drug-likeness (QED) is 0.613. The van der Waals surface area contributed by atoms with Gasteiger partial charge < -0.3 is 14.8 Å². The summed E-state index contributed by atoms with van der Waals surface area (Å²) >= 11 is 0. The van der Waals surface area contributed by atoms with Crippen LogP contribution in [-0.2, 0) is 11.3 Å². The third-order valence-corrected chi connectivity index (χ3v) is 6.14. The molecule has 1 unspecified atom stereocenters. The van der Waals surface area contributed by atoms with Gasteiger partial charge >= 0.3 is 0 Å². The molecule has 158 valence electrons. The lowest BCUT2D eigenvalue weighted by molar-refractivity contribution is -0.121. The number of carbonyl (C=O) groups is 1. The average molecular weight is 405 g/mol. The molecule has 30 heavy (non-hydrogen) atoms. The van der Waals surface area contributed by atoms with Gasteiger partial charge in [0.2, 0.25) is 5.91 Å². The first-order chi connectivity index (χ1) is 14.6. The molecule has 2 aromatic carbocycles. The van der Waals surface area contributed by atoms with Crippen molar-refractivity contribution in [2.75, 3.05) is 39.8 Å². The lowest BCUT2D eigenvalue weighted by atomic mass is 10.0. The van der Waals surface area contributed by atoms with E-state index >= 15 is 0 Å². The standard InChI is InChI=1S/C25H32N4O/c1-20-17-22-11-6-7-12-23(22)29(20)19-25(30)26-13-8-14-28-16-15-27(2)18-24(28)21-9-4-3-5-10-21/h3-7,9-12,17,24H,8,13-16,18-19H2,1-2H3,(H,26,30). The molecule has 5 nitrogen and oxygen atoms in total. The number of rotatable bonds is 7. The topological polar surface area (TPSA) is 40.5 Å². The van der Waals surface area contributed by atoms with E-state index in [1.165, 1.54) is 10.9 Å². The second-order valence-corrected chi connectivity index (χ2v) is 8.36. The number of hydrogen-bond donors (Lipinski definition) is 1. The normalized spacial score (nSPS) is 18.0. The van der Waals surface area contributed by atoms with Crippen LogP contribution in [0, 0.1) is 6.92 Å². The molecule has 1 saturated heterocycles. The zero-order valence-corrected chi connectivity index (χ0v) is 18.1. The number of hydrogen-bond acceptors (Lipinski definition) is 3. The fraction of sp³-hybridized carbons (Fsp3) is 0.400. The highest BCUT2D eigenvalue weighted by molar-refractivity contribution is 5.84. The maximum atomic E-state index is 12.5. The van der Waals surface area contributed by atoms with Gasteiger partial charge in [0.15, 0.2) is 0 Å². The lowest BCUT2D eigenvalue weighted by Crippen LogP contribution is -2.47. The van der Waals surface area contributed by atoms with E-state index in [0.717, 1.165) is 43.8 Å². The molecule has 3 aromatic rings. The molecular formula is C25H32N4O. The van der Waals surface area contributed by atoms with E-state index in [1.807, 2.05) is 12.1 Å². The van der Waals surface area contributed by atoms with E-state index in [-0.39, 0.29) is 5.91 Å². The molecule has 0 spiro atoms. The minimum absolute atomic E-state index is 0.0810. The molecule has 1 aliphatic rings. The van der Waals surface area contributed by atoms with Crippen molar-refractivity contribution in [3.8, 4) is 0 Å². The second kappa shape index (κ2) is 9.45. The van der Waals surface area contributed by atoms with Crippen LogP contribution >= 0.6 is 0 Å². The van der Waals surface area contributed by atoms with Gasteiger partial charge in [-0.1, -0.05) is 48.5 Å². The van der Waals surface area contributed by atoms with Gasteiger partial charge in [0.25, 0.3) is 0 Å². The van der Waals surface area contributed by atoms with Gasteiger partial charge in [-0.15, -0.1) is 0 Å². The molecule has 1 amide bonds. The van der Waals surface area contributed by atoms with Crippen molar-refractivity contribution in [2.45, 2.75) is 25.9 Å². The Bertz CT molecular complexity index is 981. The maximum Gasteiger partial charge on any atom is 0.239 e. The van der Waals surface area contributed by atoms with Gasteiger partial charge in [-0.2, -0.15) is 0 Å². The highest BCUT2D eigenvalue weighted by atomic mass is 16.1. The van der Waals surface area contributed by atoms with Crippen molar-refractivity contribution in [1.29, 1.82) is 0 Å². The fourth-order valence-corrected chi connectivity index (χ4v) is 4.48. The van der Waals surface area contributed by atoms with Crippen LogP contribution < -0.4 is 5.32 Å². The van der Waals surface area contributed by atoms with Crippen molar-refractivity contribution in [3.63, 3.8) is 0 Å². The van der Waals surface area contributed by atoms with Gasteiger partial charge in [-0.25, -0.2) is 0 Å². The summed E-state index contributed by atoms with van der Waals surface area (Å²) in [6.45, 7) is 7.36. The first-order valence-electron chi connectivity index (χ1n) is 10.9. The molecule has 1 fully saturated rings. The number of para-hydroxylation sites is 1. The largest absolute Gasteiger partial charge is 0.355 e. The van der Waals surface area contributed by atoms with E-state index in [4.69, 9.17) is 0 Å². The Morgan fingerprint density at radius 3 is 2.67 bits per heavy atom. The number of fused-ring (bicyclic) bond motifs is 1. The summed E-state index contributed by atoms with van der Waals surface area (Å²) in [6, 6.07) is 21.6. The summed E-state index contributed by atoms with van der Waals surface area (Å²) in [6.07, 6.45) is 0.962. The van der Waals surface area contributed by atoms with Crippen LogP contribution in [0.4, 0.5) is 0 Å². The number of aryl methyl sites for hydroxylation is 1. The van der Waals surface area contributed by atoms with E-state index in [9.17, 15) is 4.79 Å². The summed E-state index contributed by atoms with van der Waals surface area (Å²) in [4.78, 5) is 17.5. The Labute approximate surface area is 179 Å².